The molecule has 3 heterocycles. The van der Waals surface area contributed by atoms with Gasteiger partial charge in [-0.25, -0.2) is 9.78 Å². The van der Waals surface area contributed by atoms with E-state index >= 15 is 0 Å². The topological polar surface area (TPSA) is 122 Å². The monoisotopic (exact) mass is 394 g/mol. The first kappa shape index (κ1) is 19.2. The summed E-state index contributed by atoms with van der Waals surface area (Å²) >= 11 is 5.90. The maximum atomic E-state index is 11.9. The van der Waals surface area contributed by atoms with E-state index in [0.717, 1.165) is 0 Å². The molecule has 0 spiro atoms. The molecule has 0 aromatic carbocycles. The van der Waals surface area contributed by atoms with Crippen molar-refractivity contribution in [3.8, 4) is 12.3 Å². The van der Waals surface area contributed by atoms with Crippen molar-refractivity contribution in [2.24, 2.45) is 0 Å². The number of carbonyl (C=O) groups excluding carboxylic acids is 1. The highest BCUT2D eigenvalue weighted by molar-refractivity contribution is 6.28. The van der Waals surface area contributed by atoms with Crippen LogP contribution in [0.3, 0.4) is 0 Å². The van der Waals surface area contributed by atoms with Gasteiger partial charge in [0, 0.05) is 12.6 Å². The van der Waals surface area contributed by atoms with Crippen molar-refractivity contribution >= 4 is 34.6 Å². The van der Waals surface area contributed by atoms with Crippen LogP contribution in [-0.2, 0) is 14.2 Å². The maximum Gasteiger partial charge on any atom is 0.508 e. The minimum Gasteiger partial charge on any atom is -0.432 e. The quantitative estimate of drug-likeness (QED) is 0.458. The number of nitrogens with two attached hydrogens (primary N) is 1. The number of carbonyl (C=O) groups is 1. The summed E-state index contributed by atoms with van der Waals surface area (Å²) in [4.78, 5) is 20.0. The molecule has 3 rings (SSSR count). The fourth-order valence-electron chi connectivity index (χ4n) is 2.96. The van der Waals surface area contributed by atoms with Crippen LogP contribution in [0.15, 0.2) is 12.3 Å². The van der Waals surface area contributed by atoms with E-state index in [-0.39, 0.29) is 23.6 Å². The van der Waals surface area contributed by atoms with Gasteiger partial charge in [0.1, 0.15) is 17.7 Å². The molecule has 1 aliphatic heterocycles. The Bertz CT molecular complexity index is 909. The Morgan fingerprint density at radius 1 is 1.63 bits per heavy atom. The van der Waals surface area contributed by atoms with E-state index < -0.39 is 30.7 Å². The summed E-state index contributed by atoms with van der Waals surface area (Å²) in [6.45, 7) is 2.84. The van der Waals surface area contributed by atoms with Crippen LogP contribution < -0.4 is 5.73 Å². The lowest BCUT2D eigenvalue weighted by atomic mass is 9.99. The van der Waals surface area contributed by atoms with Crippen molar-refractivity contribution in [1.29, 1.82) is 0 Å². The zero-order valence-corrected chi connectivity index (χ0v) is 15.5. The van der Waals surface area contributed by atoms with E-state index in [9.17, 15) is 9.90 Å². The van der Waals surface area contributed by atoms with Gasteiger partial charge in [0.05, 0.1) is 18.1 Å². The third kappa shape index (κ3) is 3.51. The minimum atomic E-state index is -1.51. The lowest BCUT2D eigenvalue weighted by molar-refractivity contribution is -0.0991. The normalized spacial score (nSPS) is 24.9. The van der Waals surface area contributed by atoms with Gasteiger partial charge in [0.25, 0.3) is 0 Å². The van der Waals surface area contributed by atoms with Crippen molar-refractivity contribution in [1.82, 2.24) is 14.5 Å². The Morgan fingerprint density at radius 3 is 3.00 bits per heavy atom. The molecule has 1 saturated heterocycles. The van der Waals surface area contributed by atoms with Crippen LogP contribution in [-0.4, -0.2) is 50.2 Å². The second-order valence-electron chi connectivity index (χ2n) is 6.36. The molecular formula is C17H19ClN4O5. The molecule has 0 unspecified atom stereocenters. The molecule has 0 amide bonds. The number of fused-ring (bicyclic) bond motifs is 1. The summed E-state index contributed by atoms with van der Waals surface area (Å²) in [5.41, 5.74) is 4.79. The average Bonchev–Trinajstić information content (AvgIpc) is 3.16. The van der Waals surface area contributed by atoms with E-state index in [1.54, 1.807) is 30.7 Å². The number of halogens is 1. The number of anilines is 1. The van der Waals surface area contributed by atoms with Gasteiger partial charge in [-0.15, -0.1) is 6.42 Å². The maximum absolute atomic E-state index is 11.9. The number of nitrogen functional groups attached to an aromatic ring is 1. The molecule has 2 aromatic rings. The van der Waals surface area contributed by atoms with Crippen LogP contribution in [0.25, 0.3) is 11.0 Å². The highest BCUT2D eigenvalue weighted by Gasteiger charge is 2.51. The van der Waals surface area contributed by atoms with Gasteiger partial charge in [0.2, 0.25) is 5.28 Å². The van der Waals surface area contributed by atoms with Crippen molar-refractivity contribution in [3.63, 3.8) is 0 Å². The second-order valence-corrected chi connectivity index (χ2v) is 6.70. The lowest BCUT2D eigenvalue weighted by Crippen LogP contribution is -2.44. The molecule has 9 nitrogen and oxygen atoms in total. The smallest absolute Gasteiger partial charge is 0.432 e. The van der Waals surface area contributed by atoms with Crippen LogP contribution in [0.4, 0.5) is 10.6 Å². The van der Waals surface area contributed by atoms with Crippen LogP contribution in [0.1, 0.15) is 26.5 Å². The van der Waals surface area contributed by atoms with E-state index in [1.165, 1.54) is 0 Å². The number of aromatic nitrogens is 3. The lowest BCUT2D eigenvalue weighted by Gasteiger charge is -2.26. The van der Waals surface area contributed by atoms with Crippen LogP contribution in [0.2, 0.25) is 5.28 Å². The Hall–Kier alpha value is -2.54. The summed E-state index contributed by atoms with van der Waals surface area (Å²) in [6.07, 6.45) is 4.59. The fourth-order valence-corrected chi connectivity index (χ4v) is 3.13. The Balaban J connectivity index is 1.93. The molecule has 0 saturated carbocycles. The number of ether oxygens (including phenoxy) is 3. The minimum absolute atomic E-state index is 0.0170. The molecule has 1 fully saturated rings. The van der Waals surface area contributed by atoms with Gasteiger partial charge in [-0.05, 0) is 31.5 Å². The highest BCUT2D eigenvalue weighted by atomic mass is 35.5. The fraction of sp³-hybridized carbons (Fsp3) is 0.471. The Kier molecular flexibility index (Phi) is 5.15. The third-order valence-corrected chi connectivity index (χ3v) is 4.39. The van der Waals surface area contributed by atoms with Gasteiger partial charge in [-0.2, -0.15) is 4.98 Å². The van der Waals surface area contributed by atoms with Gasteiger partial charge in [0.15, 0.2) is 11.7 Å². The molecule has 1 aliphatic rings. The second kappa shape index (κ2) is 7.23. The molecule has 10 heteroatoms. The van der Waals surface area contributed by atoms with Crippen LogP contribution in [0.5, 0.6) is 0 Å². The summed E-state index contributed by atoms with van der Waals surface area (Å²) in [5, 5.41) is 10.4. The Morgan fingerprint density at radius 2 is 2.37 bits per heavy atom. The first-order valence-corrected chi connectivity index (χ1v) is 8.60. The number of nitrogens with zero attached hydrogens (tertiary/aromatic N) is 3. The van der Waals surface area contributed by atoms with Crippen molar-refractivity contribution in [2.75, 3.05) is 12.3 Å². The summed E-state index contributed by atoms with van der Waals surface area (Å²) in [7, 11) is 0. The molecule has 0 radical (unpaired) electrons. The van der Waals surface area contributed by atoms with Gasteiger partial charge in [-0.1, -0.05) is 5.92 Å². The first-order valence-electron chi connectivity index (χ1n) is 8.23. The molecule has 27 heavy (non-hydrogen) atoms. The highest BCUT2D eigenvalue weighted by Crippen LogP contribution is 2.40. The summed E-state index contributed by atoms with van der Waals surface area (Å²) in [6, 6.07) is 1.71. The van der Waals surface area contributed by atoms with Crippen LogP contribution in [0, 0.1) is 12.3 Å². The molecule has 0 bridgehead atoms. The predicted molar refractivity (Wildman–Crippen MR) is 96.8 cm³/mol. The number of aliphatic hydroxyl groups excluding tert-OH is 1. The number of rotatable bonds is 4. The molecule has 2 aromatic heterocycles. The van der Waals surface area contributed by atoms with Gasteiger partial charge >= 0.3 is 6.16 Å². The molecular weight excluding hydrogens is 376 g/mol. The summed E-state index contributed by atoms with van der Waals surface area (Å²) < 4.78 is 17.9. The van der Waals surface area contributed by atoms with E-state index in [4.69, 9.17) is 38.0 Å². The predicted octanol–water partition coefficient (Wildman–Crippen LogP) is 1.88. The average molecular weight is 395 g/mol. The van der Waals surface area contributed by atoms with E-state index in [1.807, 2.05) is 0 Å². The SMILES string of the molecule is C#C[C@]1(CO)O[C@@H](n2ccc3c(N)nc(Cl)nc32)C[C@@H]1OC(=O)OC(C)C. The first-order chi connectivity index (χ1) is 12.8. The van der Waals surface area contributed by atoms with Crippen molar-refractivity contribution in [3.05, 3.63) is 17.5 Å². The Labute approximate surface area is 160 Å². The number of hydrogen-bond acceptors (Lipinski definition) is 8. The van der Waals surface area contributed by atoms with Crippen molar-refractivity contribution < 1.29 is 24.1 Å². The van der Waals surface area contributed by atoms with E-state index in [2.05, 4.69) is 15.9 Å². The number of aliphatic hydroxyl groups is 1. The largest absolute Gasteiger partial charge is 0.508 e. The van der Waals surface area contributed by atoms with E-state index in [0.29, 0.717) is 11.0 Å². The molecule has 0 aliphatic carbocycles. The number of hydrogen-bond donors (Lipinski definition) is 2. The standard InChI is InChI=1S/C17H19ClN4O5/c1-4-17(8-23)11(26-16(24)25-9(2)3)7-12(27-17)22-6-5-10-13(19)20-15(18)21-14(10)22/h1,5-6,9,11-12,23H,7-8H2,2-3H3,(H2,19,20,21)/t11-,12+,17+/m0/s1. The summed E-state index contributed by atoms with van der Waals surface area (Å²) in [5.74, 6) is 2.62. The van der Waals surface area contributed by atoms with Crippen LogP contribution >= 0.6 is 11.6 Å². The zero-order chi connectivity index (χ0) is 19.8. The molecule has 3 atom stereocenters. The van der Waals surface area contributed by atoms with Crippen molar-refractivity contribution in [2.45, 2.75) is 44.3 Å². The number of terminal acetylenes is 1. The molecule has 3 N–H and O–H groups in total. The zero-order valence-electron chi connectivity index (χ0n) is 14.8. The third-order valence-electron chi connectivity index (χ3n) is 4.22. The molecule has 144 valence electrons. The van der Waals surface area contributed by atoms with Gasteiger partial charge < -0.3 is 29.6 Å². The van der Waals surface area contributed by atoms with Gasteiger partial charge in [-0.3, -0.25) is 0 Å².